The molecule has 0 radical (unpaired) electrons. The Hall–Kier alpha value is -2.54. The van der Waals surface area contributed by atoms with Crippen molar-refractivity contribution in [1.29, 1.82) is 0 Å². The van der Waals surface area contributed by atoms with Crippen molar-refractivity contribution in [2.24, 2.45) is 0 Å². The standard InChI is InChI=1S/C17H19ClN4O3/c1-11(23)20-14-5-6-22(10-14)17(24)19-9-15-8-16(21-25-15)12-3-2-4-13(18)7-12/h2-4,7-8,14H,5-6,9-10H2,1H3,(H,19,24)(H,20,23)/t14-/m1/s1. The highest BCUT2D eigenvalue weighted by atomic mass is 35.5. The van der Waals surface area contributed by atoms with Crippen LogP contribution in [-0.2, 0) is 11.3 Å². The summed E-state index contributed by atoms with van der Waals surface area (Å²) in [6, 6.07) is 8.92. The Morgan fingerprint density at radius 2 is 2.24 bits per heavy atom. The quantitative estimate of drug-likeness (QED) is 0.874. The fourth-order valence-electron chi connectivity index (χ4n) is 2.80. The Bertz CT molecular complexity index is 777. The number of amides is 3. The lowest BCUT2D eigenvalue weighted by Crippen LogP contribution is -2.41. The van der Waals surface area contributed by atoms with Crippen molar-refractivity contribution < 1.29 is 14.1 Å². The number of carbonyl (C=O) groups is 2. The summed E-state index contributed by atoms with van der Waals surface area (Å²) in [5.74, 6) is 0.475. The molecule has 8 heteroatoms. The van der Waals surface area contributed by atoms with Crippen LogP contribution in [0.15, 0.2) is 34.9 Å². The highest BCUT2D eigenvalue weighted by molar-refractivity contribution is 6.30. The molecule has 2 aromatic rings. The third-order valence-electron chi connectivity index (χ3n) is 3.98. The van der Waals surface area contributed by atoms with Crippen LogP contribution in [0.25, 0.3) is 11.3 Å². The molecule has 0 aliphatic carbocycles. The van der Waals surface area contributed by atoms with Crippen LogP contribution in [-0.4, -0.2) is 41.1 Å². The Labute approximate surface area is 150 Å². The van der Waals surface area contributed by atoms with Crippen LogP contribution in [0.2, 0.25) is 5.02 Å². The molecule has 3 amide bonds. The van der Waals surface area contributed by atoms with Crippen LogP contribution >= 0.6 is 11.6 Å². The smallest absolute Gasteiger partial charge is 0.317 e. The van der Waals surface area contributed by atoms with Crippen molar-refractivity contribution in [2.45, 2.75) is 25.9 Å². The average molecular weight is 363 g/mol. The van der Waals surface area contributed by atoms with Gasteiger partial charge in [0.05, 0.1) is 6.54 Å². The van der Waals surface area contributed by atoms with Gasteiger partial charge >= 0.3 is 6.03 Å². The molecule has 1 aliphatic heterocycles. The number of rotatable bonds is 4. The SMILES string of the molecule is CC(=O)N[C@@H]1CCN(C(=O)NCc2cc(-c3cccc(Cl)c3)no2)C1. The largest absolute Gasteiger partial charge is 0.359 e. The third kappa shape index (κ3) is 4.51. The van der Waals surface area contributed by atoms with E-state index in [1.807, 2.05) is 12.1 Å². The monoisotopic (exact) mass is 362 g/mol. The first kappa shape index (κ1) is 17.3. The number of benzene rings is 1. The molecular weight excluding hydrogens is 344 g/mol. The number of carbonyl (C=O) groups excluding carboxylic acids is 2. The first-order valence-corrected chi connectivity index (χ1v) is 8.40. The fraction of sp³-hybridized carbons (Fsp3) is 0.353. The topological polar surface area (TPSA) is 87.5 Å². The van der Waals surface area contributed by atoms with E-state index in [2.05, 4.69) is 15.8 Å². The molecule has 2 heterocycles. The molecule has 0 bridgehead atoms. The molecule has 0 spiro atoms. The van der Waals surface area contributed by atoms with Gasteiger partial charge in [-0.2, -0.15) is 0 Å². The number of nitrogens with zero attached hydrogens (tertiary/aromatic N) is 2. The van der Waals surface area contributed by atoms with E-state index < -0.39 is 0 Å². The van der Waals surface area contributed by atoms with Gasteiger partial charge in [0.1, 0.15) is 5.69 Å². The second kappa shape index (κ2) is 7.57. The van der Waals surface area contributed by atoms with E-state index in [4.69, 9.17) is 16.1 Å². The number of hydrogen-bond donors (Lipinski definition) is 2. The Morgan fingerprint density at radius 3 is 3.00 bits per heavy atom. The summed E-state index contributed by atoms with van der Waals surface area (Å²) in [4.78, 5) is 24.9. The van der Waals surface area contributed by atoms with Crippen molar-refractivity contribution in [3.63, 3.8) is 0 Å². The molecule has 1 fully saturated rings. The average Bonchev–Trinajstić information content (AvgIpc) is 3.21. The van der Waals surface area contributed by atoms with E-state index in [0.717, 1.165) is 12.0 Å². The van der Waals surface area contributed by atoms with Crippen molar-refractivity contribution in [2.75, 3.05) is 13.1 Å². The Morgan fingerprint density at radius 1 is 1.40 bits per heavy atom. The molecule has 25 heavy (non-hydrogen) atoms. The van der Waals surface area contributed by atoms with Gasteiger partial charge in [-0.05, 0) is 18.6 Å². The van der Waals surface area contributed by atoms with Gasteiger partial charge in [0.25, 0.3) is 0 Å². The van der Waals surface area contributed by atoms with Crippen LogP contribution in [0.3, 0.4) is 0 Å². The molecule has 132 valence electrons. The van der Waals surface area contributed by atoms with Gasteiger partial charge in [0, 0.05) is 42.7 Å². The Kier molecular flexibility index (Phi) is 5.23. The second-order valence-corrected chi connectivity index (χ2v) is 6.42. The number of aromatic nitrogens is 1. The minimum absolute atomic E-state index is 0.0166. The number of halogens is 1. The lowest BCUT2D eigenvalue weighted by molar-refractivity contribution is -0.119. The number of nitrogens with one attached hydrogen (secondary N) is 2. The maximum Gasteiger partial charge on any atom is 0.317 e. The van der Waals surface area contributed by atoms with Gasteiger partial charge < -0.3 is 20.1 Å². The first-order valence-electron chi connectivity index (χ1n) is 8.02. The predicted molar refractivity (Wildman–Crippen MR) is 93.0 cm³/mol. The number of urea groups is 1. The van der Waals surface area contributed by atoms with E-state index in [1.165, 1.54) is 6.92 Å². The maximum atomic E-state index is 12.2. The number of hydrogen-bond acceptors (Lipinski definition) is 4. The second-order valence-electron chi connectivity index (χ2n) is 5.98. The van der Waals surface area contributed by atoms with Gasteiger partial charge in [0.2, 0.25) is 5.91 Å². The van der Waals surface area contributed by atoms with E-state index in [-0.39, 0.29) is 24.5 Å². The molecule has 0 unspecified atom stereocenters. The van der Waals surface area contributed by atoms with Crippen LogP contribution < -0.4 is 10.6 Å². The summed E-state index contributed by atoms with van der Waals surface area (Å²) in [6.07, 6.45) is 0.758. The van der Waals surface area contributed by atoms with Crippen LogP contribution in [0, 0.1) is 0 Å². The van der Waals surface area contributed by atoms with Crippen LogP contribution in [0.1, 0.15) is 19.1 Å². The highest BCUT2D eigenvalue weighted by Crippen LogP contribution is 2.22. The van der Waals surface area contributed by atoms with E-state index in [9.17, 15) is 9.59 Å². The molecule has 7 nitrogen and oxygen atoms in total. The molecule has 1 atom stereocenters. The highest BCUT2D eigenvalue weighted by Gasteiger charge is 2.26. The normalized spacial score (nSPS) is 16.7. The third-order valence-corrected chi connectivity index (χ3v) is 4.21. The van der Waals surface area contributed by atoms with Gasteiger partial charge in [-0.25, -0.2) is 4.79 Å². The minimum Gasteiger partial charge on any atom is -0.359 e. The summed E-state index contributed by atoms with van der Waals surface area (Å²) in [5, 5.41) is 10.3. The van der Waals surface area contributed by atoms with Gasteiger partial charge in [-0.15, -0.1) is 0 Å². The summed E-state index contributed by atoms with van der Waals surface area (Å²) >= 11 is 5.97. The van der Waals surface area contributed by atoms with Gasteiger partial charge in [-0.1, -0.05) is 28.9 Å². The first-order chi connectivity index (χ1) is 12.0. The zero-order valence-corrected chi connectivity index (χ0v) is 14.5. The summed E-state index contributed by atoms with van der Waals surface area (Å²) in [6.45, 7) is 2.84. The van der Waals surface area contributed by atoms with Gasteiger partial charge in [-0.3, -0.25) is 4.79 Å². The predicted octanol–water partition coefficient (Wildman–Crippen LogP) is 2.42. The molecular formula is C17H19ClN4O3. The lowest BCUT2D eigenvalue weighted by Gasteiger charge is -2.17. The van der Waals surface area contributed by atoms with E-state index in [1.54, 1.807) is 23.1 Å². The molecule has 1 saturated heterocycles. The van der Waals surface area contributed by atoms with Crippen molar-refractivity contribution in [1.82, 2.24) is 20.7 Å². The van der Waals surface area contributed by atoms with Gasteiger partial charge in [0.15, 0.2) is 5.76 Å². The minimum atomic E-state index is -0.187. The molecule has 1 aromatic carbocycles. The maximum absolute atomic E-state index is 12.2. The molecule has 3 rings (SSSR count). The van der Waals surface area contributed by atoms with Crippen molar-refractivity contribution in [3.8, 4) is 11.3 Å². The molecule has 1 aliphatic rings. The Balaban J connectivity index is 1.52. The zero-order valence-electron chi connectivity index (χ0n) is 13.8. The van der Waals surface area contributed by atoms with Crippen LogP contribution in [0.5, 0.6) is 0 Å². The molecule has 2 N–H and O–H groups in total. The van der Waals surface area contributed by atoms with Crippen molar-refractivity contribution in [3.05, 3.63) is 41.1 Å². The van der Waals surface area contributed by atoms with E-state index in [0.29, 0.717) is 29.6 Å². The number of likely N-dealkylation sites (tertiary alicyclic amines) is 1. The van der Waals surface area contributed by atoms with E-state index >= 15 is 0 Å². The summed E-state index contributed by atoms with van der Waals surface area (Å²) in [7, 11) is 0. The lowest BCUT2D eigenvalue weighted by atomic mass is 10.1. The fourth-order valence-corrected chi connectivity index (χ4v) is 2.99. The summed E-state index contributed by atoms with van der Waals surface area (Å²) < 4.78 is 5.26. The van der Waals surface area contributed by atoms with Crippen LogP contribution in [0.4, 0.5) is 4.79 Å². The zero-order chi connectivity index (χ0) is 17.8. The van der Waals surface area contributed by atoms with Crippen molar-refractivity contribution >= 4 is 23.5 Å². The summed E-state index contributed by atoms with van der Waals surface area (Å²) in [5.41, 5.74) is 1.52. The molecule has 1 aromatic heterocycles. The molecule has 0 saturated carbocycles.